The van der Waals surface area contributed by atoms with Crippen LogP contribution in [0.4, 0.5) is 0 Å². The van der Waals surface area contributed by atoms with E-state index >= 15 is 0 Å². The standard InChI is InChI=1S/C10H19N3O3/c1-2-16-7-9(14)13-5-3-4-8(6-13)10(11)12-15/h8,15H,2-7H2,1H3,(H2,11,12). The molecule has 1 atom stereocenters. The fourth-order valence-corrected chi connectivity index (χ4v) is 1.81. The highest BCUT2D eigenvalue weighted by molar-refractivity contribution is 5.84. The number of ether oxygens (including phenoxy) is 1. The molecule has 0 aromatic heterocycles. The molecule has 0 saturated carbocycles. The summed E-state index contributed by atoms with van der Waals surface area (Å²) >= 11 is 0. The molecule has 0 bridgehead atoms. The number of nitrogens with zero attached hydrogens (tertiary/aromatic N) is 2. The summed E-state index contributed by atoms with van der Waals surface area (Å²) in [5, 5.41) is 11.6. The summed E-state index contributed by atoms with van der Waals surface area (Å²) in [4.78, 5) is 13.4. The van der Waals surface area contributed by atoms with Crippen LogP contribution in [0.25, 0.3) is 0 Å². The molecule has 92 valence electrons. The quantitative estimate of drug-likeness (QED) is 0.307. The van der Waals surface area contributed by atoms with Gasteiger partial charge >= 0.3 is 0 Å². The molecule has 6 heteroatoms. The number of carbonyl (C=O) groups excluding carboxylic acids is 1. The molecule has 1 saturated heterocycles. The van der Waals surface area contributed by atoms with Gasteiger partial charge in [0.05, 0.1) is 0 Å². The van der Waals surface area contributed by atoms with E-state index in [-0.39, 0.29) is 24.3 Å². The fraction of sp³-hybridized carbons (Fsp3) is 0.800. The molecule has 1 rings (SSSR count). The highest BCUT2D eigenvalue weighted by Gasteiger charge is 2.25. The predicted molar refractivity (Wildman–Crippen MR) is 59.2 cm³/mol. The summed E-state index contributed by atoms with van der Waals surface area (Å²) in [5.41, 5.74) is 5.54. The minimum atomic E-state index is -0.0377. The van der Waals surface area contributed by atoms with Crippen LogP contribution in [-0.4, -0.2) is 48.2 Å². The van der Waals surface area contributed by atoms with Crippen molar-refractivity contribution in [3.05, 3.63) is 0 Å². The van der Waals surface area contributed by atoms with Crippen molar-refractivity contribution < 1.29 is 14.7 Å². The van der Waals surface area contributed by atoms with Gasteiger partial charge < -0.3 is 20.6 Å². The Balaban J connectivity index is 2.47. The number of piperidine rings is 1. The molecule has 16 heavy (non-hydrogen) atoms. The Morgan fingerprint density at radius 2 is 2.44 bits per heavy atom. The number of likely N-dealkylation sites (tertiary alicyclic amines) is 1. The Morgan fingerprint density at radius 3 is 3.06 bits per heavy atom. The summed E-state index contributed by atoms with van der Waals surface area (Å²) in [5.74, 6) is 0.135. The first-order valence-electron chi connectivity index (χ1n) is 5.52. The van der Waals surface area contributed by atoms with Gasteiger partial charge in [0.25, 0.3) is 0 Å². The first-order valence-corrected chi connectivity index (χ1v) is 5.52. The van der Waals surface area contributed by atoms with E-state index in [0.717, 1.165) is 19.4 Å². The average molecular weight is 229 g/mol. The van der Waals surface area contributed by atoms with Gasteiger partial charge in [-0.3, -0.25) is 4.79 Å². The van der Waals surface area contributed by atoms with Crippen molar-refractivity contribution in [3.63, 3.8) is 0 Å². The lowest BCUT2D eigenvalue weighted by molar-refractivity contribution is -0.137. The van der Waals surface area contributed by atoms with Crippen LogP contribution in [0.1, 0.15) is 19.8 Å². The van der Waals surface area contributed by atoms with Crippen molar-refractivity contribution in [1.29, 1.82) is 0 Å². The summed E-state index contributed by atoms with van der Waals surface area (Å²) < 4.78 is 5.07. The van der Waals surface area contributed by atoms with Crippen LogP contribution in [0.3, 0.4) is 0 Å². The van der Waals surface area contributed by atoms with E-state index < -0.39 is 0 Å². The first kappa shape index (κ1) is 12.8. The van der Waals surface area contributed by atoms with Gasteiger partial charge in [-0.25, -0.2) is 0 Å². The van der Waals surface area contributed by atoms with Crippen molar-refractivity contribution in [2.45, 2.75) is 19.8 Å². The van der Waals surface area contributed by atoms with Crippen molar-refractivity contribution in [2.24, 2.45) is 16.8 Å². The average Bonchev–Trinajstić information content (AvgIpc) is 2.35. The fourth-order valence-electron chi connectivity index (χ4n) is 1.81. The molecule has 0 spiro atoms. The van der Waals surface area contributed by atoms with Gasteiger partial charge in [-0.2, -0.15) is 0 Å². The number of hydrogen-bond acceptors (Lipinski definition) is 4. The lowest BCUT2D eigenvalue weighted by Gasteiger charge is -2.31. The minimum Gasteiger partial charge on any atom is -0.409 e. The highest BCUT2D eigenvalue weighted by Crippen LogP contribution is 2.16. The molecule has 0 aromatic rings. The van der Waals surface area contributed by atoms with Gasteiger partial charge in [0.2, 0.25) is 5.91 Å². The van der Waals surface area contributed by atoms with Crippen molar-refractivity contribution in [1.82, 2.24) is 4.90 Å². The summed E-state index contributed by atoms with van der Waals surface area (Å²) in [6.45, 7) is 3.73. The number of hydrogen-bond donors (Lipinski definition) is 2. The smallest absolute Gasteiger partial charge is 0.248 e. The topological polar surface area (TPSA) is 88.2 Å². The Bertz CT molecular complexity index is 268. The zero-order valence-corrected chi connectivity index (χ0v) is 9.56. The van der Waals surface area contributed by atoms with Crippen LogP contribution in [0, 0.1) is 5.92 Å². The summed E-state index contributed by atoms with van der Waals surface area (Å²) in [6.07, 6.45) is 1.73. The van der Waals surface area contributed by atoms with Crippen LogP contribution in [0.15, 0.2) is 5.16 Å². The van der Waals surface area contributed by atoms with E-state index in [9.17, 15) is 4.79 Å². The van der Waals surface area contributed by atoms with E-state index in [2.05, 4.69) is 5.16 Å². The van der Waals surface area contributed by atoms with Crippen LogP contribution in [0.5, 0.6) is 0 Å². The minimum absolute atomic E-state index is 0.0303. The molecular weight excluding hydrogens is 210 g/mol. The predicted octanol–water partition coefficient (Wildman–Crippen LogP) is 0.00790. The number of oxime groups is 1. The number of rotatable bonds is 4. The third-order valence-corrected chi connectivity index (χ3v) is 2.74. The molecule has 0 aromatic carbocycles. The van der Waals surface area contributed by atoms with E-state index in [1.165, 1.54) is 0 Å². The first-order chi connectivity index (χ1) is 7.69. The second-order valence-corrected chi connectivity index (χ2v) is 3.84. The van der Waals surface area contributed by atoms with Crippen LogP contribution in [0.2, 0.25) is 0 Å². The van der Waals surface area contributed by atoms with E-state index in [0.29, 0.717) is 13.2 Å². The van der Waals surface area contributed by atoms with Gasteiger partial charge in [0.15, 0.2) is 0 Å². The molecular formula is C10H19N3O3. The Kier molecular flexibility index (Phi) is 5.04. The molecule has 6 nitrogen and oxygen atoms in total. The Labute approximate surface area is 95.0 Å². The lowest BCUT2D eigenvalue weighted by Crippen LogP contribution is -2.45. The normalized spacial score (nSPS) is 22.2. The lowest BCUT2D eigenvalue weighted by atomic mass is 9.97. The number of amides is 1. The second-order valence-electron chi connectivity index (χ2n) is 3.84. The van der Waals surface area contributed by atoms with Gasteiger partial charge in [0, 0.05) is 25.6 Å². The second kappa shape index (κ2) is 6.32. The molecule has 1 unspecified atom stereocenters. The van der Waals surface area contributed by atoms with Crippen LogP contribution in [-0.2, 0) is 9.53 Å². The molecule has 1 aliphatic heterocycles. The Morgan fingerprint density at radius 1 is 1.69 bits per heavy atom. The number of nitrogens with two attached hydrogens (primary N) is 1. The molecule has 3 N–H and O–H groups in total. The zero-order chi connectivity index (χ0) is 12.0. The summed E-state index contributed by atoms with van der Waals surface area (Å²) in [6, 6.07) is 0. The maximum absolute atomic E-state index is 11.7. The van der Waals surface area contributed by atoms with Crippen molar-refractivity contribution in [3.8, 4) is 0 Å². The van der Waals surface area contributed by atoms with Crippen LogP contribution < -0.4 is 5.73 Å². The van der Waals surface area contributed by atoms with Gasteiger partial charge in [-0.05, 0) is 19.8 Å². The van der Waals surface area contributed by atoms with E-state index in [1.807, 2.05) is 6.92 Å². The van der Waals surface area contributed by atoms with Crippen LogP contribution >= 0.6 is 0 Å². The van der Waals surface area contributed by atoms with Crippen molar-refractivity contribution >= 4 is 11.7 Å². The summed E-state index contributed by atoms with van der Waals surface area (Å²) in [7, 11) is 0. The number of carbonyl (C=O) groups is 1. The SMILES string of the molecule is CCOCC(=O)N1CCCC(C(N)=NO)C1. The molecule has 1 aliphatic rings. The molecule has 1 heterocycles. The van der Waals surface area contributed by atoms with Gasteiger partial charge in [-0.15, -0.1) is 0 Å². The largest absolute Gasteiger partial charge is 0.409 e. The maximum atomic E-state index is 11.7. The molecule has 1 fully saturated rings. The maximum Gasteiger partial charge on any atom is 0.248 e. The van der Waals surface area contributed by atoms with E-state index in [4.69, 9.17) is 15.7 Å². The molecule has 1 amide bonds. The zero-order valence-electron chi connectivity index (χ0n) is 9.56. The highest BCUT2D eigenvalue weighted by atomic mass is 16.5. The van der Waals surface area contributed by atoms with E-state index in [1.54, 1.807) is 4.90 Å². The number of amidine groups is 1. The third kappa shape index (κ3) is 3.37. The monoisotopic (exact) mass is 229 g/mol. The van der Waals surface area contributed by atoms with Gasteiger partial charge in [0.1, 0.15) is 12.4 Å². The van der Waals surface area contributed by atoms with Gasteiger partial charge in [-0.1, -0.05) is 5.16 Å². The third-order valence-electron chi connectivity index (χ3n) is 2.74. The van der Waals surface area contributed by atoms with Crippen molar-refractivity contribution in [2.75, 3.05) is 26.3 Å². The molecule has 0 aliphatic carbocycles. The Hall–Kier alpha value is -1.30. The molecule has 0 radical (unpaired) electrons.